The first-order chi connectivity index (χ1) is 10.4. The highest BCUT2D eigenvalue weighted by molar-refractivity contribution is 6.44. The largest absolute Gasteiger partial charge is 0.417 e. The van der Waals surface area contributed by atoms with E-state index >= 15 is 0 Å². The summed E-state index contributed by atoms with van der Waals surface area (Å²) in [7, 11) is 0. The van der Waals surface area contributed by atoms with Crippen molar-refractivity contribution in [3.8, 4) is 5.75 Å². The number of benzene rings is 2. The molecule has 0 unspecified atom stereocenters. The highest BCUT2D eigenvalue weighted by Gasteiger charge is 2.15. The van der Waals surface area contributed by atoms with E-state index in [1.807, 2.05) is 0 Å². The van der Waals surface area contributed by atoms with Gasteiger partial charge >= 0.3 is 6.09 Å². The molecule has 0 aliphatic rings. The first-order valence-corrected chi connectivity index (χ1v) is 7.89. The number of anilines is 1. The minimum Gasteiger partial charge on any atom is -0.410 e. The highest BCUT2D eigenvalue weighted by Crippen LogP contribution is 2.35. The molecule has 0 spiro atoms. The number of carbonyl (C=O) groups excluding carboxylic acids is 1. The molecule has 3 nitrogen and oxygen atoms in total. The molecular weight excluding hydrogens is 391 g/mol. The van der Waals surface area contributed by atoms with Crippen molar-refractivity contribution in [2.45, 2.75) is 4.84 Å². The van der Waals surface area contributed by atoms with Crippen molar-refractivity contribution in [2.24, 2.45) is 0 Å². The van der Waals surface area contributed by atoms with Gasteiger partial charge in [0.15, 0.2) is 0 Å². The summed E-state index contributed by atoms with van der Waals surface area (Å²) in [6.07, 6.45) is -0.726. The number of hydrogen-bond donors (Lipinski definition) is 1. The van der Waals surface area contributed by atoms with E-state index in [0.29, 0.717) is 26.3 Å². The number of carbonyl (C=O) groups is 1. The van der Waals surface area contributed by atoms with E-state index in [4.69, 9.17) is 62.7 Å². The number of alkyl halides is 2. The van der Waals surface area contributed by atoms with Crippen molar-refractivity contribution >= 4 is 69.8 Å². The normalized spacial score (nSPS) is 10.6. The molecule has 1 N–H and O–H groups in total. The second-order valence-electron chi connectivity index (χ2n) is 4.13. The van der Waals surface area contributed by atoms with Crippen LogP contribution in [0.2, 0.25) is 15.1 Å². The zero-order chi connectivity index (χ0) is 16.3. The molecule has 22 heavy (non-hydrogen) atoms. The van der Waals surface area contributed by atoms with Gasteiger partial charge in [0.2, 0.25) is 0 Å². The molecule has 0 bridgehead atoms. The molecule has 0 saturated carbocycles. The van der Waals surface area contributed by atoms with Crippen LogP contribution in [0.5, 0.6) is 5.75 Å². The molecule has 2 aromatic rings. The molecule has 0 saturated heterocycles. The Balaban J connectivity index is 2.13. The molecule has 0 radical (unpaired) electrons. The van der Waals surface area contributed by atoms with E-state index in [1.54, 1.807) is 18.2 Å². The molecule has 0 aliphatic heterocycles. The number of ether oxygens (including phenoxy) is 1. The Bertz CT molecular complexity index is 706. The maximum absolute atomic E-state index is 11.9. The molecule has 1 amide bonds. The SMILES string of the molecule is O=C(Nc1ccc(Cl)c(Cl)c1)Oc1ccc(Cl)cc1C(Cl)Cl. The van der Waals surface area contributed by atoms with E-state index in [9.17, 15) is 4.79 Å². The third-order valence-corrected chi connectivity index (χ3v) is 4.02. The third kappa shape index (κ3) is 4.58. The van der Waals surface area contributed by atoms with Crippen LogP contribution in [-0.2, 0) is 0 Å². The van der Waals surface area contributed by atoms with Crippen LogP contribution in [0.3, 0.4) is 0 Å². The summed E-state index contributed by atoms with van der Waals surface area (Å²) in [4.78, 5) is 11.0. The second-order valence-corrected chi connectivity index (χ2v) is 6.47. The van der Waals surface area contributed by atoms with Gasteiger partial charge in [-0.2, -0.15) is 0 Å². The van der Waals surface area contributed by atoms with Crippen molar-refractivity contribution in [1.29, 1.82) is 0 Å². The van der Waals surface area contributed by atoms with E-state index in [1.165, 1.54) is 18.2 Å². The fraction of sp³-hybridized carbons (Fsp3) is 0.0714. The van der Waals surface area contributed by atoms with Crippen LogP contribution >= 0.6 is 58.0 Å². The minimum absolute atomic E-state index is 0.206. The number of halogens is 5. The third-order valence-electron chi connectivity index (χ3n) is 2.58. The highest BCUT2D eigenvalue weighted by atomic mass is 35.5. The lowest BCUT2D eigenvalue weighted by molar-refractivity contribution is 0.215. The summed E-state index contributed by atoms with van der Waals surface area (Å²) in [5, 5.41) is 3.64. The summed E-state index contributed by atoms with van der Waals surface area (Å²) in [5.41, 5.74) is 0.823. The van der Waals surface area contributed by atoms with Crippen LogP contribution in [0.15, 0.2) is 36.4 Å². The summed E-state index contributed by atoms with van der Waals surface area (Å²) in [5.74, 6) is 0.206. The predicted octanol–water partition coefficient (Wildman–Crippen LogP) is 6.73. The molecule has 0 aromatic heterocycles. The van der Waals surface area contributed by atoms with Gasteiger partial charge < -0.3 is 4.74 Å². The van der Waals surface area contributed by atoms with Crippen molar-refractivity contribution in [3.63, 3.8) is 0 Å². The Morgan fingerprint density at radius 2 is 1.73 bits per heavy atom. The molecule has 2 rings (SSSR count). The topological polar surface area (TPSA) is 38.3 Å². The smallest absolute Gasteiger partial charge is 0.410 e. The lowest BCUT2D eigenvalue weighted by atomic mass is 10.2. The molecule has 0 atom stereocenters. The first kappa shape index (κ1) is 17.5. The van der Waals surface area contributed by atoms with Crippen LogP contribution in [0.4, 0.5) is 10.5 Å². The van der Waals surface area contributed by atoms with E-state index in [2.05, 4.69) is 5.32 Å². The maximum Gasteiger partial charge on any atom is 0.417 e. The van der Waals surface area contributed by atoms with Crippen LogP contribution in [0, 0.1) is 0 Å². The lowest BCUT2D eigenvalue weighted by Gasteiger charge is -2.12. The van der Waals surface area contributed by atoms with Gasteiger partial charge in [-0.25, -0.2) is 4.79 Å². The molecule has 2 aromatic carbocycles. The molecule has 0 fully saturated rings. The minimum atomic E-state index is -0.883. The van der Waals surface area contributed by atoms with Gasteiger partial charge in [-0.05, 0) is 36.4 Å². The summed E-state index contributed by atoms with van der Waals surface area (Å²) in [6, 6.07) is 9.23. The fourth-order valence-electron chi connectivity index (χ4n) is 1.60. The van der Waals surface area contributed by atoms with Crippen molar-refractivity contribution in [3.05, 3.63) is 57.0 Å². The predicted molar refractivity (Wildman–Crippen MR) is 92.0 cm³/mol. The Kier molecular flexibility index (Phi) is 6.07. The van der Waals surface area contributed by atoms with Crippen molar-refractivity contribution in [2.75, 3.05) is 5.32 Å². The van der Waals surface area contributed by atoms with Gasteiger partial charge in [0.05, 0.1) is 10.0 Å². The van der Waals surface area contributed by atoms with E-state index < -0.39 is 10.9 Å². The second kappa shape index (κ2) is 7.62. The van der Waals surface area contributed by atoms with Gasteiger partial charge in [0.1, 0.15) is 10.6 Å². The molecule has 116 valence electrons. The van der Waals surface area contributed by atoms with Crippen molar-refractivity contribution < 1.29 is 9.53 Å². The molecule has 0 heterocycles. The van der Waals surface area contributed by atoms with Crippen LogP contribution in [-0.4, -0.2) is 6.09 Å². The van der Waals surface area contributed by atoms with Gasteiger partial charge in [-0.3, -0.25) is 5.32 Å². The van der Waals surface area contributed by atoms with Gasteiger partial charge in [-0.1, -0.05) is 58.0 Å². The van der Waals surface area contributed by atoms with Gasteiger partial charge in [-0.15, -0.1) is 0 Å². The fourth-order valence-corrected chi connectivity index (χ4v) is 2.42. The quantitative estimate of drug-likeness (QED) is 0.581. The molecular formula is C14H8Cl5NO2. The van der Waals surface area contributed by atoms with Crippen LogP contribution in [0.25, 0.3) is 0 Å². The number of amides is 1. The zero-order valence-electron chi connectivity index (χ0n) is 10.7. The van der Waals surface area contributed by atoms with E-state index in [-0.39, 0.29) is 5.75 Å². The number of nitrogens with one attached hydrogen (secondary N) is 1. The standard InChI is InChI=1S/C14H8Cl5NO2/c15-7-1-4-12(9(5-7)13(18)19)22-14(21)20-8-2-3-10(16)11(17)6-8/h1-6,13H,(H,20,21). The molecule has 8 heteroatoms. The Morgan fingerprint density at radius 3 is 2.36 bits per heavy atom. The lowest BCUT2D eigenvalue weighted by Crippen LogP contribution is -2.17. The van der Waals surface area contributed by atoms with Crippen LogP contribution in [0.1, 0.15) is 10.4 Å². The monoisotopic (exact) mass is 397 g/mol. The Morgan fingerprint density at radius 1 is 1.00 bits per heavy atom. The summed E-state index contributed by atoms with van der Waals surface area (Å²) in [6.45, 7) is 0. The Hall–Kier alpha value is -0.840. The zero-order valence-corrected chi connectivity index (χ0v) is 14.5. The average Bonchev–Trinajstić information content (AvgIpc) is 2.44. The van der Waals surface area contributed by atoms with Gasteiger partial charge in [0, 0.05) is 16.3 Å². The summed E-state index contributed by atoms with van der Waals surface area (Å²) >= 11 is 29.2. The molecule has 0 aliphatic carbocycles. The Labute approximate surface area is 152 Å². The van der Waals surface area contributed by atoms with Crippen molar-refractivity contribution in [1.82, 2.24) is 0 Å². The maximum atomic E-state index is 11.9. The number of rotatable bonds is 3. The number of hydrogen-bond acceptors (Lipinski definition) is 2. The van der Waals surface area contributed by atoms with E-state index in [0.717, 1.165) is 0 Å². The average molecular weight is 399 g/mol. The van der Waals surface area contributed by atoms with Gasteiger partial charge in [0.25, 0.3) is 0 Å². The summed E-state index contributed by atoms with van der Waals surface area (Å²) < 4.78 is 5.18. The first-order valence-electron chi connectivity index (χ1n) is 5.88. The van der Waals surface area contributed by atoms with Crippen LogP contribution < -0.4 is 10.1 Å².